The fourth-order valence-corrected chi connectivity index (χ4v) is 2.13. The van der Waals surface area contributed by atoms with E-state index in [2.05, 4.69) is 21.2 Å². The first kappa shape index (κ1) is 14.0. The van der Waals surface area contributed by atoms with Crippen molar-refractivity contribution >= 4 is 39.1 Å². The van der Waals surface area contributed by atoms with Crippen molar-refractivity contribution in [1.29, 1.82) is 0 Å². The predicted molar refractivity (Wildman–Crippen MR) is 78.2 cm³/mol. The quantitative estimate of drug-likeness (QED) is 0.834. The molecule has 0 spiro atoms. The third kappa shape index (κ3) is 3.14. The second-order valence-electron chi connectivity index (χ2n) is 4.01. The smallest absolute Gasteiger partial charge is 0.260 e. The van der Waals surface area contributed by atoms with Crippen molar-refractivity contribution in [2.75, 3.05) is 5.32 Å². The summed E-state index contributed by atoms with van der Waals surface area (Å²) in [5.74, 6) is -1.20. The van der Waals surface area contributed by atoms with Crippen LogP contribution in [0.3, 0.4) is 0 Å². The number of nitrogens with one attached hydrogen (secondary N) is 1. The number of carbonyl (C=O) groups is 1. The van der Waals surface area contributed by atoms with Crippen LogP contribution in [0.4, 0.5) is 10.1 Å². The Bertz CT molecular complexity index is 625. The van der Waals surface area contributed by atoms with Gasteiger partial charge in [-0.3, -0.25) is 4.79 Å². The second-order valence-corrected chi connectivity index (χ2v) is 5.28. The summed E-state index contributed by atoms with van der Waals surface area (Å²) in [6, 6.07) is 9.46. The van der Waals surface area contributed by atoms with Gasteiger partial charge in [0.15, 0.2) is 0 Å². The second kappa shape index (κ2) is 5.72. The summed E-state index contributed by atoms with van der Waals surface area (Å²) in [5, 5.41) is 2.71. The lowest BCUT2D eigenvalue weighted by molar-refractivity contribution is 0.102. The van der Waals surface area contributed by atoms with Gasteiger partial charge in [0.05, 0.1) is 10.6 Å². The topological polar surface area (TPSA) is 29.1 Å². The summed E-state index contributed by atoms with van der Waals surface area (Å²) in [7, 11) is 0. The van der Waals surface area contributed by atoms with Gasteiger partial charge >= 0.3 is 0 Å². The highest BCUT2D eigenvalue weighted by Crippen LogP contribution is 2.23. The first-order valence-corrected chi connectivity index (χ1v) is 6.67. The summed E-state index contributed by atoms with van der Waals surface area (Å²) < 4.78 is 14.5. The Morgan fingerprint density at radius 3 is 2.68 bits per heavy atom. The fourth-order valence-electron chi connectivity index (χ4n) is 1.63. The van der Waals surface area contributed by atoms with Gasteiger partial charge in [-0.1, -0.05) is 33.6 Å². The van der Waals surface area contributed by atoms with Crippen molar-refractivity contribution in [3.63, 3.8) is 0 Å². The zero-order valence-corrected chi connectivity index (χ0v) is 12.3. The van der Waals surface area contributed by atoms with Gasteiger partial charge in [0.1, 0.15) is 5.82 Å². The van der Waals surface area contributed by atoms with Crippen LogP contribution in [0.5, 0.6) is 0 Å². The van der Waals surface area contributed by atoms with E-state index in [1.165, 1.54) is 18.2 Å². The van der Waals surface area contributed by atoms with Crippen LogP contribution in [-0.2, 0) is 0 Å². The molecule has 2 aromatic rings. The molecule has 0 aliphatic heterocycles. The molecule has 1 N–H and O–H groups in total. The lowest BCUT2D eigenvalue weighted by Gasteiger charge is -2.09. The Kier molecular flexibility index (Phi) is 4.22. The van der Waals surface area contributed by atoms with Crippen molar-refractivity contribution in [3.8, 4) is 0 Å². The summed E-state index contributed by atoms with van der Waals surface area (Å²) in [5.41, 5.74) is 1.41. The number of rotatable bonds is 2. The summed E-state index contributed by atoms with van der Waals surface area (Å²) in [4.78, 5) is 12.0. The van der Waals surface area contributed by atoms with E-state index in [0.29, 0.717) is 5.69 Å². The summed E-state index contributed by atoms with van der Waals surface area (Å²) in [6.45, 7) is 1.90. The lowest BCUT2D eigenvalue weighted by Crippen LogP contribution is -2.14. The molecule has 19 heavy (non-hydrogen) atoms. The maximum atomic E-state index is 13.6. The van der Waals surface area contributed by atoms with Crippen molar-refractivity contribution in [2.45, 2.75) is 6.92 Å². The van der Waals surface area contributed by atoms with Gasteiger partial charge in [0.2, 0.25) is 0 Å². The number of anilines is 1. The average molecular weight is 343 g/mol. The van der Waals surface area contributed by atoms with Gasteiger partial charge in [-0.25, -0.2) is 4.39 Å². The first-order valence-electron chi connectivity index (χ1n) is 5.50. The van der Waals surface area contributed by atoms with E-state index in [1.807, 2.05) is 13.0 Å². The summed E-state index contributed by atoms with van der Waals surface area (Å²) in [6.07, 6.45) is 0. The van der Waals surface area contributed by atoms with E-state index in [-0.39, 0.29) is 10.6 Å². The van der Waals surface area contributed by atoms with Gasteiger partial charge in [0, 0.05) is 10.2 Å². The molecule has 0 unspecified atom stereocenters. The molecule has 0 saturated heterocycles. The maximum Gasteiger partial charge on any atom is 0.260 e. The van der Waals surface area contributed by atoms with E-state index in [1.54, 1.807) is 12.1 Å². The van der Waals surface area contributed by atoms with Gasteiger partial charge < -0.3 is 5.32 Å². The number of benzene rings is 2. The highest BCUT2D eigenvalue weighted by atomic mass is 79.9. The van der Waals surface area contributed by atoms with Crippen LogP contribution in [-0.4, -0.2) is 5.91 Å². The Labute approximate surface area is 123 Å². The molecule has 0 aromatic heterocycles. The SMILES string of the molecule is Cc1cc(NC(=O)c2c(F)cccc2Cl)ccc1Br. The minimum absolute atomic E-state index is 0.0892. The Hall–Kier alpha value is -1.39. The molecule has 0 aliphatic rings. The van der Waals surface area contributed by atoms with E-state index in [4.69, 9.17) is 11.6 Å². The van der Waals surface area contributed by atoms with Crippen LogP contribution >= 0.6 is 27.5 Å². The zero-order valence-electron chi connectivity index (χ0n) is 10.0. The molecule has 0 heterocycles. The van der Waals surface area contributed by atoms with E-state index in [0.717, 1.165) is 10.0 Å². The molecule has 2 aromatic carbocycles. The van der Waals surface area contributed by atoms with Crippen LogP contribution in [0, 0.1) is 12.7 Å². The molecular formula is C14H10BrClFNO. The van der Waals surface area contributed by atoms with Gasteiger partial charge in [-0.2, -0.15) is 0 Å². The molecule has 98 valence electrons. The third-order valence-corrected chi connectivity index (χ3v) is 3.81. The number of carbonyl (C=O) groups excluding carboxylic acids is 1. The molecule has 0 fully saturated rings. The highest BCUT2D eigenvalue weighted by molar-refractivity contribution is 9.10. The van der Waals surface area contributed by atoms with Gasteiger partial charge in [0.25, 0.3) is 5.91 Å². The first-order chi connectivity index (χ1) is 8.99. The lowest BCUT2D eigenvalue weighted by atomic mass is 10.1. The normalized spacial score (nSPS) is 10.3. The summed E-state index contributed by atoms with van der Waals surface area (Å²) >= 11 is 9.21. The Balaban J connectivity index is 2.28. The van der Waals surface area contributed by atoms with Crippen LogP contribution in [0.1, 0.15) is 15.9 Å². The molecule has 5 heteroatoms. The van der Waals surface area contributed by atoms with E-state index >= 15 is 0 Å². The standard InChI is InChI=1S/C14H10BrClFNO/c1-8-7-9(5-6-10(8)15)18-14(19)13-11(16)3-2-4-12(13)17/h2-7H,1H3,(H,18,19). The van der Waals surface area contributed by atoms with Crippen LogP contribution in [0.15, 0.2) is 40.9 Å². The molecule has 2 rings (SSSR count). The Morgan fingerprint density at radius 1 is 1.32 bits per heavy atom. The molecular weight excluding hydrogens is 333 g/mol. The molecule has 0 saturated carbocycles. The fraction of sp³-hybridized carbons (Fsp3) is 0.0714. The van der Waals surface area contributed by atoms with E-state index < -0.39 is 11.7 Å². The Morgan fingerprint density at radius 2 is 2.05 bits per heavy atom. The monoisotopic (exact) mass is 341 g/mol. The zero-order chi connectivity index (χ0) is 14.0. The van der Waals surface area contributed by atoms with Gasteiger partial charge in [-0.15, -0.1) is 0 Å². The number of aryl methyl sites for hydroxylation is 1. The molecule has 0 atom stereocenters. The van der Waals surface area contributed by atoms with Crippen LogP contribution in [0.2, 0.25) is 5.02 Å². The van der Waals surface area contributed by atoms with Gasteiger partial charge in [-0.05, 0) is 42.8 Å². The minimum atomic E-state index is -0.640. The number of amides is 1. The van der Waals surface area contributed by atoms with Crippen molar-refractivity contribution < 1.29 is 9.18 Å². The van der Waals surface area contributed by atoms with Crippen molar-refractivity contribution in [3.05, 3.63) is 62.8 Å². The number of halogens is 3. The highest BCUT2D eigenvalue weighted by Gasteiger charge is 2.15. The molecule has 0 bridgehead atoms. The number of hydrogen-bond acceptors (Lipinski definition) is 1. The molecule has 0 radical (unpaired) electrons. The maximum absolute atomic E-state index is 13.6. The van der Waals surface area contributed by atoms with Crippen LogP contribution < -0.4 is 5.32 Å². The predicted octanol–water partition coefficient (Wildman–Crippen LogP) is 4.80. The minimum Gasteiger partial charge on any atom is -0.322 e. The largest absolute Gasteiger partial charge is 0.322 e. The van der Waals surface area contributed by atoms with Crippen molar-refractivity contribution in [1.82, 2.24) is 0 Å². The van der Waals surface area contributed by atoms with E-state index in [9.17, 15) is 9.18 Å². The molecule has 2 nitrogen and oxygen atoms in total. The molecule has 1 amide bonds. The number of hydrogen-bond donors (Lipinski definition) is 1. The van der Waals surface area contributed by atoms with Crippen molar-refractivity contribution in [2.24, 2.45) is 0 Å². The average Bonchev–Trinajstić information content (AvgIpc) is 2.33. The van der Waals surface area contributed by atoms with Crippen LogP contribution in [0.25, 0.3) is 0 Å². The molecule has 0 aliphatic carbocycles. The third-order valence-electron chi connectivity index (χ3n) is 2.61.